The Balaban J connectivity index is 2.42. The van der Waals surface area contributed by atoms with Gasteiger partial charge in [-0.15, -0.1) is 0 Å². The molecule has 0 unspecified atom stereocenters. The molecule has 0 atom stereocenters. The van der Waals surface area contributed by atoms with Crippen LogP contribution in [-0.4, -0.2) is 22.5 Å². The predicted molar refractivity (Wildman–Crippen MR) is 55.5 cm³/mol. The van der Waals surface area contributed by atoms with Crippen LogP contribution in [0.4, 0.5) is 0 Å². The number of carbonyl (C=O) groups is 1. The van der Waals surface area contributed by atoms with Crippen LogP contribution in [-0.2, 0) is 4.74 Å². The number of hydrogen-bond donors (Lipinski definition) is 0. The van der Waals surface area contributed by atoms with Crippen molar-refractivity contribution in [2.24, 2.45) is 0 Å². The standard InChI is InChI=1S/C11H10N2O2/c1-2-15-11(14)9-6-5-8-4-3-7-12-10(8)13-9/h3-7H,2H2,1H3. The van der Waals surface area contributed by atoms with E-state index in [1.807, 2.05) is 18.2 Å². The Labute approximate surface area is 86.9 Å². The molecule has 0 spiro atoms. The van der Waals surface area contributed by atoms with Gasteiger partial charge in [0.25, 0.3) is 0 Å². The highest BCUT2D eigenvalue weighted by Gasteiger charge is 2.08. The van der Waals surface area contributed by atoms with Crippen molar-refractivity contribution >= 4 is 17.0 Å². The van der Waals surface area contributed by atoms with Gasteiger partial charge in [0.2, 0.25) is 0 Å². The van der Waals surface area contributed by atoms with Gasteiger partial charge in [-0.2, -0.15) is 0 Å². The van der Waals surface area contributed by atoms with E-state index in [0.717, 1.165) is 5.39 Å². The molecule has 2 rings (SSSR count). The Bertz CT molecular complexity index is 497. The van der Waals surface area contributed by atoms with Gasteiger partial charge in [-0.25, -0.2) is 14.8 Å². The second kappa shape index (κ2) is 4.04. The fourth-order valence-corrected chi connectivity index (χ4v) is 1.27. The van der Waals surface area contributed by atoms with E-state index in [1.165, 1.54) is 0 Å². The molecule has 4 heteroatoms. The fraction of sp³-hybridized carbons (Fsp3) is 0.182. The summed E-state index contributed by atoms with van der Waals surface area (Å²) in [5.74, 6) is -0.412. The van der Waals surface area contributed by atoms with Gasteiger partial charge in [0.1, 0.15) is 0 Å². The lowest BCUT2D eigenvalue weighted by Crippen LogP contribution is -2.07. The Morgan fingerprint density at radius 1 is 1.40 bits per heavy atom. The van der Waals surface area contributed by atoms with E-state index >= 15 is 0 Å². The number of carbonyl (C=O) groups excluding carboxylic acids is 1. The number of aromatic nitrogens is 2. The average molecular weight is 202 g/mol. The first-order valence-electron chi connectivity index (χ1n) is 4.70. The normalized spacial score (nSPS) is 10.2. The van der Waals surface area contributed by atoms with Crippen LogP contribution in [0.1, 0.15) is 17.4 Å². The Kier molecular flexibility index (Phi) is 2.58. The number of nitrogens with zero attached hydrogens (tertiary/aromatic N) is 2. The third kappa shape index (κ3) is 1.93. The van der Waals surface area contributed by atoms with Crippen LogP contribution < -0.4 is 0 Å². The second-order valence-electron chi connectivity index (χ2n) is 2.97. The summed E-state index contributed by atoms with van der Waals surface area (Å²) in [6, 6.07) is 7.17. The maximum Gasteiger partial charge on any atom is 0.357 e. The van der Waals surface area contributed by atoms with Crippen molar-refractivity contribution in [2.75, 3.05) is 6.61 Å². The minimum Gasteiger partial charge on any atom is -0.461 e. The Hall–Kier alpha value is -1.97. The van der Waals surface area contributed by atoms with Crippen molar-refractivity contribution in [1.82, 2.24) is 9.97 Å². The molecular weight excluding hydrogens is 192 g/mol. The lowest BCUT2D eigenvalue weighted by atomic mass is 10.2. The number of hydrogen-bond acceptors (Lipinski definition) is 4. The summed E-state index contributed by atoms with van der Waals surface area (Å²) in [7, 11) is 0. The molecule has 0 saturated heterocycles. The Morgan fingerprint density at radius 3 is 3.07 bits per heavy atom. The molecule has 0 aliphatic carbocycles. The highest BCUT2D eigenvalue weighted by Crippen LogP contribution is 2.09. The molecule has 0 aliphatic heterocycles. The van der Waals surface area contributed by atoms with Gasteiger partial charge < -0.3 is 4.74 Å². The van der Waals surface area contributed by atoms with E-state index in [1.54, 1.807) is 19.2 Å². The Morgan fingerprint density at radius 2 is 2.27 bits per heavy atom. The molecule has 0 aromatic carbocycles. The molecule has 0 amide bonds. The van der Waals surface area contributed by atoms with Crippen LogP contribution in [0.2, 0.25) is 0 Å². The summed E-state index contributed by atoms with van der Waals surface area (Å²) in [4.78, 5) is 19.5. The van der Waals surface area contributed by atoms with E-state index in [-0.39, 0.29) is 0 Å². The van der Waals surface area contributed by atoms with Gasteiger partial charge in [-0.3, -0.25) is 0 Å². The first-order valence-corrected chi connectivity index (χ1v) is 4.70. The van der Waals surface area contributed by atoms with Gasteiger partial charge >= 0.3 is 5.97 Å². The van der Waals surface area contributed by atoms with E-state index in [0.29, 0.717) is 17.9 Å². The van der Waals surface area contributed by atoms with E-state index in [4.69, 9.17) is 4.74 Å². The highest BCUT2D eigenvalue weighted by molar-refractivity contribution is 5.90. The van der Waals surface area contributed by atoms with Gasteiger partial charge in [-0.1, -0.05) is 0 Å². The third-order valence-electron chi connectivity index (χ3n) is 1.95. The number of esters is 1. The lowest BCUT2D eigenvalue weighted by molar-refractivity contribution is 0.0520. The lowest BCUT2D eigenvalue weighted by Gasteiger charge is -2.01. The molecule has 0 radical (unpaired) electrons. The second-order valence-corrected chi connectivity index (χ2v) is 2.97. The summed E-state index contributed by atoms with van der Waals surface area (Å²) < 4.78 is 4.85. The average Bonchev–Trinajstić information content (AvgIpc) is 2.29. The maximum absolute atomic E-state index is 11.4. The maximum atomic E-state index is 11.4. The summed E-state index contributed by atoms with van der Waals surface area (Å²) in [5.41, 5.74) is 0.853. The van der Waals surface area contributed by atoms with Crippen molar-refractivity contribution in [3.63, 3.8) is 0 Å². The fourth-order valence-electron chi connectivity index (χ4n) is 1.27. The first-order chi connectivity index (χ1) is 7.31. The summed E-state index contributed by atoms with van der Waals surface area (Å²) in [6.45, 7) is 2.11. The molecule has 0 fully saturated rings. The summed E-state index contributed by atoms with van der Waals surface area (Å²) in [5, 5.41) is 0.908. The van der Waals surface area contributed by atoms with Crippen molar-refractivity contribution in [1.29, 1.82) is 0 Å². The van der Waals surface area contributed by atoms with Crippen molar-refractivity contribution in [3.8, 4) is 0 Å². The molecule has 4 nitrogen and oxygen atoms in total. The predicted octanol–water partition coefficient (Wildman–Crippen LogP) is 1.81. The first kappa shape index (κ1) is 9.58. The molecule has 15 heavy (non-hydrogen) atoms. The van der Waals surface area contributed by atoms with Crippen LogP contribution in [0.15, 0.2) is 30.5 Å². The molecule has 2 aromatic rings. The molecule has 76 valence electrons. The number of rotatable bonds is 2. The van der Waals surface area contributed by atoms with Crippen LogP contribution >= 0.6 is 0 Å². The van der Waals surface area contributed by atoms with Gasteiger partial charge in [-0.05, 0) is 31.2 Å². The number of fused-ring (bicyclic) bond motifs is 1. The van der Waals surface area contributed by atoms with Crippen LogP contribution in [0.3, 0.4) is 0 Å². The zero-order valence-corrected chi connectivity index (χ0v) is 8.30. The highest BCUT2D eigenvalue weighted by atomic mass is 16.5. The summed E-state index contributed by atoms with van der Waals surface area (Å²) in [6.07, 6.45) is 1.64. The SMILES string of the molecule is CCOC(=O)c1ccc2cccnc2n1. The van der Waals surface area contributed by atoms with Gasteiger partial charge in [0, 0.05) is 11.6 Å². The van der Waals surface area contributed by atoms with Crippen molar-refractivity contribution in [2.45, 2.75) is 6.92 Å². The monoisotopic (exact) mass is 202 g/mol. The molecule has 0 saturated carbocycles. The molecule has 0 N–H and O–H groups in total. The molecular formula is C11H10N2O2. The van der Waals surface area contributed by atoms with Gasteiger partial charge in [0.15, 0.2) is 11.3 Å². The largest absolute Gasteiger partial charge is 0.461 e. The van der Waals surface area contributed by atoms with Crippen LogP contribution in [0.5, 0.6) is 0 Å². The van der Waals surface area contributed by atoms with Gasteiger partial charge in [0.05, 0.1) is 6.61 Å². The quantitative estimate of drug-likeness (QED) is 0.697. The summed E-state index contributed by atoms with van der Waals surface area (Å²) >= 11 is 0. The van der Waals surface area contributed by atoms with E-state index in [2.05, 4.69) is 9.97 Å². The number of ether oxygens (including phenoxy) is 1. The van der Waals surface area contributed by atoms with Crippen LogP contribution in [0.25, 0.3) is 11.0 Å². The molecule has 0 bridgehead atoms. The molecule has 2 aromatic heterocycles. The minimum atomic E-state index is -0.412. The topological polar surface area (TPSA) is 52.1 Å². The van der Waals surface area contributed by atoms with Crippen LogP contribution in [0, 0.1) is 0 Å². The smallest absolute Gasteiger partial charge is 0.357 e. The zero-order valence-electron chi connectivity index (χ0n) is 8.30. The third-order valence-corrected chi connectivity index (χ3v) is 1.95. The minimum absolute atomic E-state index is 0.294. The van der Waals surface area contributed by atoms with Crippen molar-refractivity contribution < 1.29 is 9.53 Å². The van der Waals surface area contributed by atoms with E-state index in [9.17, 15) is 4.79 Å². The molecule has 2 heterocycles. The number of pyridine rings is 2. The molecule has 0 aliphatic rings. The zero-order chi connectivity index (χ0) is 10.7. The van der Waals surface area contributed by atoms with E-state index < -0.39 is 5.97 Å². The van der Waals surface area contributed by atoms with Crippen molar-refractivity contribution in [3.05, 3.63) is 36.2 Å².